The maximum Gasteiger partial charge on any atom is 0.434 e. The molecule has 30 heavy (non-hydrogen) atoms. The molecule has 1 aromatic heterocycles. The van der Waals surface area contributed by atoms with Crippen LogP contribution in [-0.2, 0) is 12.6 Å². The molecule has 1 aliphatic rings. The molecule has 0 spiro atoms. The zero-order valence-corrected chi connectivity index (χ0v) is 16.9. The molecule has 2 amide bonds. The Morgan fingerprint density at radius 3 is 2.40 bits per heavy atom. The number of thiazole rings is 1. The Morgan fingerprint density at radius 2 is 1.83 bits per heavy atom. The van der Waals surface area contributed by atoms with Gasteiger partial charge in [-0.15, -0.1) is 11.3 Å². The first-order valence-corrected chi connectivity index (χ1v) is 10.2. The van der Waals surface area contributed by atoms with Crippen LogP contribution in [0.1, 0.15) is 38.3 Å². The van der Waals surface area contributed by atoms with Gasteiger partial charge in [-0.3, -0.25) is 19.5 Å². The molecular weight excluding hydrogens is 419 g/mol. The van der Waals surface area contributed by atoms with E-state index in [4.69, 9.17) is 0 Å². The van der Waals surface area contributed by atoms with Crippen molar-refractivity contribution in [2.45, 2.75) is 19.5 Å². The number of carbonyl (C=O) groups is 2. The van der Waals surface area contributed by atoms with E-state index in [0.29, 0.717) is 28.6 Å². The summed E-state index contributed by atoms with van der Waals surface area (Å²) in [4.78, 5) is 33.8. The molecule has 0 atom stereocenters. The number of fused-ring (bicyclic) bond motifs is 1. The number of hydrogen-bond acceptors (Lipinski definition) is 5. The molecule has 2 heterocycles. The third-order valence-corrected chi connectivity index (χ3v) is 5.20. The predicted octanol–water partition coefficient (Wildman–Crippen LogP) is 2.56. The molecule has 0 radical (unpaired) electrons. The largest absolute Gasteiger partial charge is 0.434 e. The molecule has 11 heteroatoms. The molecule has 0 aliphatic carbocycles. The molecule has 0 saturated carbocycles. The number of aromatic nitrogens is 1. The highest BCUT2D eigenvalue weighted by molar-refractivity contribution is 7.09. The highest BCUT2D eigenvalue weighted by atomic mass is 32.1. The Hall–Kier alpha value is -2.95. The molecule has 160 valence electrons. The van der Waals surface area contributed by atoms with Gasteiger partial charge >= 0.3 is 6.18 Å². The van der Waals surface area contributed by atoms with Crippen molar-refractivity contribution in [3.8, 4) is 0 Å². The lowest BCUT2D eigenvalue weighted by Crippen LogP contribution is -2.43. The molecule has 7 nitrogen and oxygen atoms in total. The van der Waals surface area contributed by atoms with Crippen molar-refractivity contribution < 1.29 is 22.8 Å². The lowest BCUT2D eigenvalue weighted by atomic mass is 10.1. The van der Waals surface area contributed by atoms with Crippen LogP contribution in [0.2, 0.25) is 0 Å². The van der Waals surface area contributed by atoms with Crippen LogP contribution in [0.5, 0.6) is 0 Å². The fourth-order valence-corrected chi connectivity index (χ4v) is 3.68. The number of benzene rings is 1. The summed E-state index contributed by atoms with van der Waals surface area (Å²) in [6.07, 6.45) is -4.17. The highest BCUT2D eigenvalue weighted by Crippen LogP contribution is 2.30. The van der Waals surface area contributed by atoms with E-state index in [9.17, 15) is 22.8 Å². The summed E-state index contributed by atoms with van der Waals surface area (Å²) in [6.45, 7) is 3.14. The van der Waals surface area contributed by atoms with Gasteiger partial charge in [0.05, 0.1) is 16.1 Å². The monoisotopic (exact) mass is 439 g/mol. The molecule has 1 aliphatic heterocycles. The van der Waals surface area contributed by atoms with Crippen LogP contribution in [0.25, 0.3) is 0 Å². The first-order chi connectivity index (χ1) is 14.3. The van der Waals surface area contributed by atoms with Crippen LogP contribution in [-0.4, -0.2) is 53.8 Å². The molecule has 0 bridgehead atoms. The molecule has 2 aromatic rings. The number of carbonyl (C=O) groups excluding carboxylic acids is 2. The van der Waals surface area contributed by atoms with Gasteiger partial charge in [0.15, 0.2) is 11.7 Å². The molecular formula is C19H20F3N5O2S. The van der Waals surface area contributed by atoms with Crippen molar-refractivity contribution in [3.63, 3.8) is 0 Å². The molecule has 0 unspecified atom stereocenters. The highest BCUT2D eigenvalue weighted by Gasteiger charge is 2.35. The minimum Gasteiger partial charge on any atom is -0.357 e. The van der Waals surface area contributed by atoms with Gasteiger partial charge in [0, 0.05) is 38.0 Å². The Morgan fingerprint density at radius 1 is 1.17 bits per heavy atom. The van der Waals surface area contributed by atoms with E-state index in [1.54, 1.807) is 24.3 Å². The first-order valence-electron chi connectivity index (χ1n) is 9.30. The molecule has 0 fully saturated rings. The summed E-state index contributed by atoms with van der Waals surface area (Å²) < 4.78 is 37.8. The van der Waals surface area contributed by atoms with E-state index in [-0.39, 0.29) is 37.9 Å². The van der Waals surface area contributed by atoms with Gasteiger partial charge in [0.2, 0.25) is 0 Å². The summed E-state index contributed by atoms with van der Waals surface area (Å²) >= 11 is 0.948. The quantitative estimate of drug-likeness (QED) is 0.393. The van der Waals surface area contributed by atoms with Crippen molar-refractivity contribution in [1.82, 2.24) is 20.5 Å². The summed E-state index contributed by atoms with van der Waals surface area (Å²) in [6, 6.07) is 6.66. The first kappa shape index (κ1) is 21.8. The van der Waals surface area contributed by atoms with Gasteiger partial charge in [-0.2, -0.15) is 13.2 Å². The number of aliphatic imine (C=N–C) groups is 1. The van der Waals surface area contributed by atoms with Crippen molar-refractivity contribution in [3.05, 3.63) is 51.5 Å². The normalized spacial score (nSPS) is 14.3. The number of amides is 2. The Kier molecular flexibility index (Phi) is 6.70. The summed E-state index contributed by atoms with van der Waals surface area (Å²) in [5.41, 5.74) is -0.105. The molecule has 1 aromatic carbocycles. The third kappa shape index (κ3) is 4.96. The van der Waals surface area contributed by atoms with Crippen molar-refractivity contribution in [1.29, 1.82) is 0 Å². The van der Waals surface area contributed by atoms with E-state index < -0.39 is 11.9 Å². The zero-order valence-electron chi connectivity index (χ0n) is 16.1. The van der Waals surface area contributed by atoms with Crippen LogP contribution in [0, 0.1) is 0 Å². The second-order valence-corrected chi connectivity index (χ2v) is 7.31. The minimum atomic E-state index is -4.45. The number of nitrogens with one attached hydrogen (secondary N) is 2. The summed E-state index contributed by atoms with van der Waals surface area (Å²) in [5.74, 6) is -0.214. The zero-order chi connectivity index (χ0) is 21.7. The number of rotatable bonds is 7. The number of halogens is 3. The van der Waals surface area contributed by atoms with Gasteiger partial charge in [-0.25, -0.2) is 4.98 Å². The fourth-order valence-electron chi connectivity index (χ4n) is 2.89. The van der Waals surface area contributed by atoms with Gasteiger partial charge in [0.25, 0.3) is 11.8 Å². The van der Waals surface area contributed by atoms with E-state index in [1.807, 2.05) is 6.92 Å². The average Bonchev–Trinajstić information content (AvgIpc) is 3.27. The topological polar surface area (TPSA) is 86.7 Å². The van der Waals surface area contributed by atoms with Crippen LogP contribution in [0.15, 0.2) is 34.6 Å². The van der Waals surface area contributed by atoms with E-state index >= 15 is 0 Å². The van der Waals surface area contributed by atoms with Crippen molar-refractivity contribution in [2.24, 2.45) is 4.99 Å². The number of guanidine groups is 1. The number of hydrogen-bond donors (Lipinski definition) is 2. The van der Waals surface area contributed by atoms with E-state index in [1.165, 1.54) is 4.90 Å². The molecule has 2 N–H and O–H groups in total. The van der Waals surface area contributed by atoms with Gasteiger partial charge in [-0.05, 0) is 19.1 Å². The smallest absolute Gasteiger partial charge is 0.357 e. The van der Waals surface area contributed by atoms with E-state index in [2.05, 4.69) is 20.6 Å². The average molecular weight is 439 g/mol. The maximum atomic E-state index is 12.6. The van der Waals surface area contributed by atoms with Crippen molar-refractivity contribution in [2.75, 3.05) is 26.2 Å². The Balaban J connectivity index is 1.52. The van der Waals surface area contributed by atoms with E-state index in [0.717, 1.165) is 16.7 Å². The fraction of sp³-hybridized carbons (Fsp3) is 0.368. The van der Waals surface area contributed by atoms with Crippen molar-refractivity contribution >= 4 is 29.1 Å². The second-order valence-electron chi connectivity index (χ2n) is 6.37. The summed E-state index contributed by atoms with van der Waals surface area (Å²) in [7, 11) is 0. The number of alkyl halides is 3. The Labute approximate surface area is 175 Å². The van der Waals surface area contributed by atoms with Crippen LogP contribution in [0.4, 0.5) is 13.2 Å². The maximum absolute atomic E-state index is 12.6. The molecule has 0 saturated heterocycles. The number of nitrogens with zero attached hydrogens (tertiary/aromatic N) is 3. The lowest BCUT2D eigenvalue weighted by molar-refractivity contribution is -0.140. The predicted molar refractivity (Wildman–Crippen MR) is 107 cm³/mol. The Bertz CT molecular complexity index is 923. The van der Waals surface area contributed by atoms with Gasteiger partial charge < -0.3 is 10.6 Å². The van der Waals surface area contributed by atoms with Crippen LogP contribution in [0.3, 0.4) is 0 Å². The van der Waals surface area contributed by atoms with Crippen LogP contribution < -0.4 is 10.6 Å². The summed E-state index contributed by atoms with van der Waals surface area (Å²) in [5, 5.41) is 7.39. The minimum absolute atomic E-state index is 0.165. The number of imide groups is 1. The van der Waals surface area contributed by atoms with Gasteiger partial charge in [-0.1, -0.05) is 12.1 Å². The second kappa shape index (κ2) is 9.24. The SMILES string of the molecule is CCNC(=NCCc1nc(C(F)(F)F)cs1)NCCN1C(=O)c2ccccc2C1=O. The van der Waals surface area contributed by atoms with Gasteiger partial charge in [0.1, 0.15) is 0 Å². The standard InChI is InChI=1S/C19H20F3N5O2S/c1-2-23-18(24-8-7-15-26-14(11-30-15)19(20,21)22)25-9-10-27-16(28)12-5-3-4-6-13(12)17(27)29/h3-6,11H,2,7-10H2,1H3,(H2,23,24,25). The molecule has 3 rings (SSSR count). The third-order valence-electron chi connectivity index (χ3n) is 4.29. The lowest BCUT2D eigenvalue weighted by Gasteiger charge is -2.16. The van der Waals surface area contributed by atoms with Crippen LogP contribution >= 0.6 is 11.3 Å².